The minimum atomic E-state index is -0.308. The van der Waals surface area contributed by atoms with E-state index in [2.05, 4.69) is 17.6 Å². The summed E-state index contributed by atoms with van der Waals surface area (Å²) in [6.07, 6.45) is 8.32. The minimum Gasteiger partial charge on any atom is -0.465 e. The van der Waals surface area contributed by atoms with Gasteiger partial charge in [0, 0.05) is 11.4 Å². The molecular formula is C18H30N2O2S2. The van der Waals surface area contributed by atoms with E-state index in [0.29, 0.717) is 10.7 Å². The van der Waals surface area contributed by atoms with Crippen molar-refractivity contribution in [2.75, 3.05) is 19.0 Å². The molecule has 1 rings (SSSR count). The molecule has 0 saturated heterocycles. The van der Waals surface area contributed by atoms with E-state index >= 15 is 0 Å². The number of carbonyl (C=O) groups is 1. The summed E-state index contributed by atoms with van der Waals surface area (Å²) in [6, 6.07) is 0. The Morgan fingerprint density at radius 1 is 1.17 bits per heavy atom. The molecule has 2 N–H and O–H groups in total. The molecule has 6 heteroatoms. The van der Waals surface area contributed by atoms with Gasteiger partial charge < -0.3 is 15.4 Å². The molecule has 0 saturated carbocycles. The van der Waals surface area contributed by atoms with Crippen LogP contribution in [0.15, 0.2) is 0 Å². The molecule has 1 heterocycles. The number of carbonyl (C=O) groups excluding carboxylic acids is 1. The Balaban J connectivity index is 2.51. The van der Waals surface area contributed by atoms with Crippen LogP contribution in [0.4, 0.5) is 5.00 Å². The number of anilines is 1. The highest BCUT2D eigenvalue weighted by molar-refractivity contribution is 7.80. The number of ether oxygens (including phenoxy) is 1. The highest BCUT2D eigenvalue weighted by Gasteiger charge is 2.22. The first-order valence-corrected chi connectivity index (χ1v) is 10.0. The van der Waals surface area contributed by atoms with E-state index < -0.39 is 0 Å². The van der Waals surface area contributed by atoms with Crippen molar-refractivity contribution in [2.24, 2.45) is 0 Å². The molecule has 0 aliphatic rings. The van der Waals surface area contributed by atoms with Crippen molar-refractivity contribution in [3.8, 4) is 0 Å². The molecule has 0 amide bonds. The second-order valence-corrected chi connectivity index (χ2v) is 7.47. The molecule has 1 aromatic heterocycles. The number of hydrogen-bond acceptors (Lipinski definition) is 4. The van der Waals surface area contributed by atoms with Crippen LogP contribution in [-0.4, -0.2) is 24.7 Å². The van der Waals surface area contributed by atoms with Gasteiger partial charge in [-0.1, -0.05) is 46.0 Å². The van der Waals surface area contributed by atoms with Gasteiger partial charge >= 0.3 is 5.97 Å². The minimum absolute atomic E-state index is 0.308. The van der Waals surface area contributed by atoms with Gasteiger partial charge in [-0.05, 0) is 37.5 Å². The number of thiocarbonyl (C=S) groups is 1. The first kappa shape index (κ1) is 20.9. The quantitative estimate of drug-likeness (QED) is 0.343. The maximum atomic E-state index is 12.1. The van der Waals surface area contributed by atoms with Crippen molar-refractivity contribution in [2.45, 2.75) is 65.7 Å². The lowest BCUT2D eigenvalue weighted by molar-refractivity contribution is 0.0601. The van der Waals surface area contributed by atoms with Gasteiger partial charge in [-0.3, -0.25) is 0 Å². The van der Waals surface area contributed by atoms with E-state index in [0.717, 1.165) is 34.8 Å². The average molecular weight is 371 g/mol. The first-order valence-electron chi connectivity index (χ1n) is 8.80. The maximum absolute atomic E-state index is 12.1. The standard InChI is InChI=1S/C18H30N2O2S2/c1-5-7-8-9-10-11-12-19-18(23)20-16-15(17(21)22-4)14(6-2)13(3)24-16/h5-12H2,1-4H3,(H2,19,20,23). The zero-order valence-electron chi connectivity index (χ0n) is 15.3. The second-order valence-electron chi connectivity index (χ2n) is 5.83. The van der Waals surface area contributed by atoms with Gasteiger partial charge in [0.15, 0.2) is 5.11 Å². The number of methoxy groups -OCH3 is 1. The third-order valence-electron chi connectivity index (χ3n) is 3.99. The topological polar surface area (TPSA) is 50.4 Å². The van der Waals surface area contributed by atoms with Gasteiger partial charge in [0.2, 0.25) is 0 Å². The summed E-state index contributed by atoms with van der Waals surface area (Å²) in [7, 11) is 1.41. The summed E-state index contributed by atoms with van der Waals surface area (Å²) < 4.78 is 4.92. The second kappa shape index (κ2) is 11.4. The van der Waals surface area contributed by atoms with Gasteiger partial charge in [-0.15, -0.1) is 11.3 Å². The van der Waals surface area contributed by atoms with E-state index in [1.165, 1.54) is 39.2 Å². The van der Waals surface area contributed by atoms with Crippen LogP contribution < -0.4 is 10.6 Å². The van der Waals surface area contributed by atoms with Crippen LogP contribution in [0.5, 0.6) is 0 Å². The summed E-state index contributed by atoms with van der Waals surface area (Å²) in [5.74, 6) is -0.308. The summed E-state index contributed by atoms with van der Waals surface area (Å²) >= 11 is 6.91. The van der Waals surface area contributed by atoms with Crippen LogP contribution in [0.2, 0.25) is 0 Å². The van der Waals surface area contributed by atoms with Crippen LogP contribution in [0.3, 0.4) is 0 Å². The largest absolute Gasteiger partial charge is 0.465 e. The Hall–Kier alpha value is -1.14. The van der Waals surface area contributed by atoms with E-state index in [1.807, 2.05) is 13.8 Å². The number of thiophene rings is 1. The lowest BCUT2D eigenvalue weighted by atomic mass is 10.1. The smallest absolute Gasteiger partial charge is 0.341 e. The Labute approximate surface area is 155 Å². The lowest BCUT2D eigenvalue weighted by Crippen LogP contribution is -2.29. The number of hydrogen-bond donors (Lipinski definition) is 2. The molecule has 0 atom stereocenters. The van der Waals surface area contributed by atoms with Crippen LogP contribution in [0.25, 0.3) is 0 Å². The van der Waals surface area contributed by atoms with Crippen molar-refractivity contribution in [3.05, 3.63) is 16.0 Å². The Kier molecular flexibility index (Phi) is 9.95. The number of esters is 1. The molecule has 0 fully saturated rings. The first-order chi connectivity index (χ1) is 11.5. The molecule has 0 aliphatic heterocycles. The van der Waals surface area contributed by atoms with Gasteiger partial charge in [-0.25, -0.2) is 4.79 Å². The van der Waals surface area contributed by atoms with Crippen LogP contribution in [0, 0.1) is 6.92 Å². The summed E-state index contributed by atoms with van der Waals surface area (Å²) in [5.41, 5.74) is 1.65. The Morgan fingerprint density at radius 2 is 1.83 bits per heavy atom. The molecule has 136 valence electrons. The Bertz CT molecular complexity index is 541. The van der Waals surface area contributed by atoms with Crippen LogP contribution >= 0.6 is 23.6 Å². The number of aryl methyl sites for hydroxylation is 1. The maximum Gasteiger partial charge on any atom is 0.341 e. The normalized spacial score (nSPS) is 10.5. The van der Waals surface area contributed by atoms with Crippen molar-refractivity contribution in [3.63, 3.8) is 0 Å². The SMILES string of the molecule is CCCCCCCCNC(=S)Nc1sc(C)c(CC)c1C(=O)OC. The predicted octanol–water partition coefficient (Wildman–Crippen LogP) is 5.05. The zero-order valence-corrected chi connectivity index (χ0v) is 16.9. The van der Waals surface area contributed by atoms with Crippen molar-refractivity contribution in [1.29, 1.82) is 0 Å². The van der Waals surface area contributed by atoms with Gasteiger partial charge in [-0.2, -0.15) is 0 Å². The third kappa shape index (κ3) is 6.40. The highest BCUT2D eigenvalue weighted by Crippen LogP contribution is 2.33. The van der Waals surface area contributed by atoms with E-state index in [1.54, 1.807) is 11.3 Å². The number of unbranched alkanes of at least 4 members (excludes halogenated alkanes) is 5. The van der Waals surface area contributed by atoms with E-state index in [-0.39, 0.29) is 5.97 Å². The summed E-state index contributed by atoms with van der Waals surface area (Å²) in [6.45, 7) is 7.15. The highest BCUT2D eigenvalue weighted by atomic mass is 32.1. The fourth-order valence-electron chi connectivity index (χ4n) is 2.67. The molecule has 0 aromatic carbocycles. The van der Waals surface area contributed by atoms with E-state index in [4.69, 9.17) is 17.0 Å². The summed E-state index contributed by atoms with van der Waals surface area (Å²) in [4.78, 5) is 13.2. The molecule has 0 radical (unpaired) electrons. The van der Waals surface area contributed by atoms with Gasteiger partial charge in [0.05, 0.1) is 12.7 Å². The predicted molar refractivity (Wildman–Crippen MR) is 107 cm³/mol. The number of nitrogens with one attached hydrogen (secondary N) is 2. The van der Waals surface area contributed by atoms with Crippen LogP contribution in [-0.2, 0) is 11.2 Å². The molecule has 1 aromatic rings. The average Bonchev–Trinajstić information content (AvgIpc) is 2.88. The fraction of sp³-hybridized carbons (Fsp3) is 0.667. The monoisotopic (exact) mass is 370 g/mol. The Morgan fingerprint density at radius 3 is 2.46 bits per heavy atom. The van der Waals surface area contributed by atoms with Gasteiger partial charge in [0.25, 0.3) is 0 Å². The van der Waals surface area contributed by atoms with E-state index in [9.17, 15) is 4.79 Å². The third-order valence-corrected chi connectivity index (χ3v) is 5.30. The van der Waals surface area contributed by atoms with Crippen molar-refractivity contribution >= 4 is 39.6 Å². The summed E-state index contributed by atoms with van der Waals surface area (Å²) in [5, 5.41) is 7.74. The number of rotatable bonds is 10. The molecule has 4 nitrogen and oxygen atoms in total. The lowest BCUT2D eigenvalue weighted by Gasteiger charge is -2.11. The molecule has 0 spiro atoms. The zero-order chi connectivity index (χ0) is 17.9. The fourth-order valence-corrected chi connectivity index (χ4v) is 4.07. The molecule has 0 bridgehead atoms. The van der Waals surface area contributed by atoms with Crippen LogP contribution in [0.1, 0.15) is 73.2 Å². The molecule has 0 aliphatic carbocycles. The molecule has 24 heavy (non-hydrogen) atoms. The molecular weight excluding hydrogens is 340 g/mol. The molecule has 0 unspecified atom stereocenters. The van der Waals surface area contributed by atoms with Gasteiger partial charge in [0.1, 0.15) is 5.00 Å². The van der Waals surface area contributed by atoms with Crippen molar-refractivity contribution < 1.29 is 9.53 Å². The van der Waals surface area contributed by atoms with Crippen molar-refractivity contribution in [1.82, 2.24) is 5.32 Å².